The first kappa shape index (κ1) is 7.08. The number of hydrogen-bond donors (Lipinski definition) is 0. The zero-order chi connectivity index (χ0) is 8.01. The van der Waals surface area contributed by atoms with Crippen molar-refractivity contribution in [3.8, 4) is 0 Å². The molecule has 1 fully saturated rings. The Kier molecular flexibility index (Phi) is 1.41. The van der Waals surface area contributed by atoms with Crippen molar-refractivity contribution in [1.82, 2.24) is 0 Å². The highest BCUT2D eigenvalue weighted by Gasteiger charge is 2.38. The van der Waals surface area contributed by atoms with Crippen LogP contribution >= 0.6 is 0 Å². The average Bonchev–Trinajstić information content (AvgIpc) is 2.43. The monoisotopic (exact) mass is 150 g/mol. The van der Waals surface area contributed by atoms with E-state index in [0.717, 1.165) is 0 Å². The molecule has 1 heteroatoms. The van der Waals surface area contributed by atoms with Crippen molar-refractivity contribution >= 4 is 5.78 Å². The fourth-order valence-electron chi connectivity index (χ4n) is 2.41. The van der Waals surface area contributed by atoms with Gasteiger partial charge in [-0.05, 0) is 30.8 Å². The Hall–Kier alpha value is -0.590. The molecule has 0 aromatic heterocycles. The zero-order valence-electron chi connectivity index (χ0n) is 7.13. The van der Waals surface area contributed by atoms with Gasteiger partial charge in [0.2, 0.25) is 0 Å². The lowest BCUT2D eigenvalue weighted by atomic mass is 9.93. The molecule has 2 aliphatic carbocycles. The number of allylic oxidation sites excluding steroid dienone is 2. The fourth-order valence-corrected chi connectivity index (χ4v) is 2.41. The van der Waals surface area contributed by atoms with Crippen molar-refractivity contribution in [3.05, 3.63) is 11.6 Å². The van der Waals surface area contributed by atoms with Gasteiger partial charge in [-0.1, -0.05) is 19.4 Å². The van der Waals surface area contributed by atoms with E-state index >= 15 is 0 Å². The molecule has 2 rings (SSSR count). The highest BCUT2D eigenvalue weighted by Crippen LogP contribution is 2.44. The summed E-state index contributed by atoms with van der Waals surface area (Å²) in [7, 11) is 0. The molecular formula is C10H14O. The maximum Gasteiger partial charge on any atom is 0.159 e. The number of carbonyl (C=O) groups is 1. The Balaban J connectivity index is 2.31. The number of carbonyl (C=O) groups excluding carboxylic acids is 1. The van der Waals surface area contributed by atoms with E-state index in [1.807, 2.05) is 6.08 Å². The standard InChI is InChI=1S/C10H14O/c1-6-3-4-8-7(2)10(11)5-9(6)8/h5-8H,3-4H2,1-2H3/t6-,7-,8+/m0/s1. The SMILES string of the molecule is C[C@@H]1C(=O)C=C2[C@@H](C)CC[C@@H]21. The molecule has 0 radical (unpaired) electrons. The molecule has 0 bridgehead atoms. The first-order valence-corrected chi connectivity index (χ1v) is 4.45. The predicted molar refractivity (Wildman–Crippen MR) is 44.1 cm³/mol. The van der Waals surface area contributed by atoms with E-state index in [1.54, 1.807) is 0 Å². The largest absolute Gasteiger partial charge is 0.295 e. The van der Waals surface area contributed by atoms with Crippen LogP contribution in [0.2, 0.25) is 0 Å². The van der Waals surface area contributed by atoms with E-state index in [2.05, 4.69) is 13.8 Å². The molecule has 0 heterocycles. The van der Waals surface area contributed by atoms with Crippen LogP contribution in [-0.4, -0.2) is 5.78 Å². The van der Waals surface area contributed by atoms with E-state index in [-0.39, 0.29) is 5.92 Å². The summed E-state index contributed by atoms with van der Waals surface area (Å²) in [5.74, 6) is 1.93. The summed E-state index contributed by atoms with van der Waals surface area (Å²) in [5, 5.41) is 0. The predicted octanol–water partition coefficient (Wildman–Crippen LogP) is 2.18. The second kappa shape index (κ2) is 2.20. The average molecular weight is 150 g/mol. The van der Waals surface area contributed by atoms with E-state index < -0.39 is 0 Å². The Morgan fingerprint density at radius 2 is 2.09 bits per heavy atom. The minimum Gasteiger partial charge on any atom is -0.295 e. The van der Waals surface area contributed by atoms with Gasteiger partial charge in [0.25, 0.3) is 0 Å². The lowest BCUT2D eigenvalue weighted by Gasteiger charge is -2.10. The van der Waals surface area contributed by atoms with Gasteiger partial charge in [0.05, 0.1) is 0 Å². The molecular weight excluding hydrogens is 136 g/mol. The molecule has 1 saturated carbocycles. The van der Waals surface area contributed by atoms with E-state index in [1.165, 1.54) is 18.4 Å². The quantitative estimate of drug-likeness (QED) is 0.517. The number of hydrogen-bond acceptors (Lipinski definition) is 1. The van der Waals surface area contributed by atoms with Crippen LogP contribution in [0.25, 0.3) is 0 Å². The van der Waals surface area contributed by atoms with E-state index in [9.17, 15) is 4.79 Å². The summed E-state index contributed by atoms with van der Waals surface area (Å²) >= 11 is 0. The van der Waals surface area contributed by atoms with Gasteiger partial charge in [0.1, 0.15) is 0 Å². The maximum absolute atomic E-state index is 11.3. The molecule has 0 aliphatic heterocycles. The van der Waals surface area contributed by atoms with Crippen LogP contribution in [0.15, 0.2) is 11.6 Å². The van der Waals surface area contributed by atoms with Gasteiger partial charge in [0.15, 0.2) is 5.78 Å². The molecule has 0 amide bonds. The smallest absolute Gasteiger partial charge is 0.159 e. The molecule has 0 saturated heterocycles. The molecule has 0 N–H and O–H groups in total. The summed E-state index contributed by atoms with van der Waals surface area (Å²) in [6.07, 6.45) is 4.42. The van der Waals surface area contributed by atoms with Crippen molar-refractivity contribution in [1.29, 1.82) is 0 Å². The van der Waals surface area contributed by atoms with Gasteiger partial charge in [0, 0.05) is 5.92 Å². The normalized spacial score (nSPS) is 42.5. The molecule has 0 spiro atoms. The van der Waals surface area contributed by atoms with Gasteiger partial charge >= 0.3 is 0 Å². The van der Waals surface area contributed by atoms with Crippen LogP contribution in [0, 0.1) is 17.8 Å². The van der Waals surface area contributed by atoms with Crippen molar-refractivity contribution < 1.29 is 4.79 Å². The third kappa shape index (κ3) is 0.867. The lowest BCUT2D eigenvalue weighted by molar-refractivity contribution is -0.117. The maximum atomic E-state index is 11.3. The van der Waals surface area contributed by atoms with Crippen LogP contribution in [0.1, 0.15) is 26.7 Å². The molecule has 0 unspecified atom stereocenters. The lowest BCUT2D eigenvalue weighted by Crippen LogP contribution is -2.10. The Bertz CT molecular complexity index is 227. The van der Waals surface area contributed by atoms with Crippen molar-refractivity contribution in [2.45, 2.75) is 26.7 Å². The topological polar surface area (TPSA) is 17.1 Å². The van der Waals surface area contributed by atoms with Crippen molar-refractivity contribution in [2.24, 2.45) is 17.8 Å². The summed E-state index contributed by atoms with van der Waals surface area (Å²) in [6, 6.07) is 0. The number of ketones is 1. The Morgan fingerprint density at radius 3 is 2.73 bits per heavy atom. The van der Waals surface area contributed by atoms with Crippen LogP contribution in [0.4, 0.5) is 0 Å². The van der Waals surface area contributed by atoms with Crippen LogP contribution in [0.3, 0.4) is 0 Å². The fraction of sp³-hybridized carbons (Fsp3) is 0.700. The summed E-state index contributed by atoms with van der Waals surface area (Å²) in [4.78, 5) is 11.3. The minimum atomic E-state index is 0.287. The summed E-state index contributed by atoms with van der Waals surface area (Å²) < 4.78 is 0. The van der Waals surface area contributed by atoms with Crippen molar-refractivity contribution in [3.63, 3.8) is 0 Å². The van der Waals surface area contributed by atoms with Gasteiger partial charge in [-0.2, -0.15) is 0 Å². The minimum absolute atomic E-state index is 0.287. The van der Waals surface area contributed by atoms with E-state index in [0.29, 0.717) is 17.6 Å². The third-order valence-electron chi connectivity index (χ3n) is 3.27. The number of fused-ring (bicyclic) bond motifs is 1. The molecule has 0 aromatic rings. The second-order valence-electron chi connectivity index (χ2n) is 3.92. The highest BCUT2D eigenvalue weighted by molar-refractivity contribution is 5.95. The van der Waals surface area contributed by atoms with Crippen molar-refractivity contribution in [2.75, 3.05) is 0 Å². The molecule has 3 atom stereocenters. The second-order valence-corrected chi connectivity index (χ2v) is 3.92. The first-order valence-electron chi connectivity index (χ1n) is 4.45. The highest BCUT2D eigenvalue weighted by atomic mass is 16.1. The summed E-state index contributed by atoms with van der Waals surface area (Å²) in [5.41, 5.74) is 1.43. The van der Waals surface area contributed by atoms with Crippen LogP contribution in [0.5, 0.6) is 0 Å². The van der Waals surface area contributed by atoms with Gasteiger partial charge < -0.3 is 0 Å². The molecule has 11 heavy (non-hydrogen) atoms. The molecule has 1 nitrogen and oxygen atoms in total. The Labute approximate surface area is 67.5 Å². The van der Waals surface area contributed by atoms with Gasteiger partial charge in [-0.3, -0.25) is 4.79 Å². The van der Waals surface area contributed by atoms with E-state index in [4.69, 9.17) is 0 Å². The first-order chi connectivity index (χ1) is 5.20. The zero-order valence-corrected chi connectivity index (χ0v) is 7.13. The molecule has 60 valence electrons. The third-order valence-corrected chi connectivity index (χ3v) is 3.27. The molecule has 0 aromatic carbocycles. The van der Waals surface area contributed by atoms with Crippen LogP contribution in [-0.2, 0) is 4.79 Å². The number of rotatable bonds is 0. The van der Waals surface area contributed by atoms with Gasteiger partial charge in [-0.25, -0.2) is 0 Å². The van der Waals surface area contributed by atoms with Gasteiger partial charge in [-0.15, -0.1) is 0 Å². The molecule has 2 aliphatic rings. The van der Waals surface area contributed by atoms with Crippen LogP contribution < -0.4 is 0 Å². The summed E-state index contributed by atoms with van der Waals surface area (Å²) in [6.45, 7) is 4.30. The Morgan fingerprint density at radius 1 is 1.36 bits per heavy atom.